The lowest BCUT2D eigenvalue weighted by molar-refractivity contribution is -0.151. The highest BCUT2D eigenvalue weighted by atomic mass is 16.2. The lowest BCUT2D eigenvalue weighted by Crippen LogP contribution is -2.59. The molecule has 2 heterocycles. The van der Waals surface area contributed by atoms with Gasteiger partial charge in [-0.2, -0.15) is 0 Å². The summed E-state index contributed by atoms with van der Waals surface area (Å²) in [4.78, 5) is 40.0. The molecule has 1 N–H and O–H groups in total. The number of amides is 3. The Morgan fingerprint density at radius 1 is 1.25 bits per heavy atom. The third-order valence-electron chi connectivity index (χ3n) is 4.95. The van der Waals surface area contributed by atoms with Crippen LogP contribution in [0.4, 0.5) is 0 Å². The minimum Gasteiger partial charge on any atom is -0.347 e. The third-order valence-corrected chi connectivity index (χ3v) is 4.95. The Bertz CT molecular complexity index is 688. The van der Waals surface area contributed by atoms with Gasteiger partial charge in [0.2, 0.25) is 11.8 Å². The zero-order valence-electron chi connectivity index (χ0n) is 14.3. The van der Waals surface area contributed by atoms with E-state index in [0.717, 1.165) is 5.56 Å². The first-order valence-electron chi connectivity index (χ1n) is 8.32. The van der Waals surface area contributed by atoms with Crippen molar-refractivity contribution in [3.63, 3.8) is 0 Å². The minimum absolute atomic E-state index is 0.0135. The molecule has 24 heavy (non-hydrogen) atoms. The predicted octanol–water partition coefficient (Wildman–Crippen LogP) is 0.945. The van der Waals surface area contributed by atoms with E-state index in [4.69, 9.17) is 0 Å². The zero-order valence-corrected chi connectivity index (χ0v) is 14.3. The number of benzene rings is 1. The molecule has 0 aromatic heterocycles. The Morgan fingerprint density at radius 3 is 2.67 bits per heavy atom. The summed E-state index contributed by atoms with van der Waals surface area (Å²) in [5.74, 6) is -0.232. The fourth-order valence-electron chi connectivity index (χ4n) is 3.68. The molecule has 2 fully saturated rings. The number of hydrogen-bond donors (Lipinski definition) is 1. The van der Waals surface area contributed by atoms with E-state index in [1.54, 1.807) is 17.9 Å². The fraction of sp³-hybridized carbons (Fsp3) is 0.500. The van der Waals surface area contributed by atoms with Crippen molar-refractivity contribution in [1.82, 2.24) is 15.1 Å². The van der Waals surface area contributed by atoms with Crippen LogP contribution in [0, 0.1) is 6.92 Å². The smallest absolute Gasteiger partial charge is 0.251 e. The molecule has 0 saturated carbocycles. The van der Waals surface area contributed by atoms with E-state index in [1.165, 1.54) is 6.92 Å². The second-order valence-corrected chi connectivity index (χ2v) is 6.77. The number of carbonyl (C=O) groups excluding carboxylic acids is 3. The number of aryl methyl sites for hydroxylation is 1. The lowest BCUT2D eigenvalue weighted by atomic mass is 10.1. The van der Waals surface area contributed by atoms with E-state index in [1.807, 2.05) is 30.0 Å². The summed E-state index contributed by atoms with van der Waals surface area (Å²) in [6.07, 6.45) is 0.680. The summed E-state index contributed by atoms with van der Waals surface area (Å²) >= 11 is 0. The van der Waals surface area contributed by atoms with Gasteiger partial charge in [-0.05, 0) is 32.4 Å². The van der Waals surface area contributed by atoms with Gasteiger partial charge in [-0.1, -0.05) is 17.7 Å². The Kier molecular flexibility index (Phi) is 4.30. The van der Waals surface area contributed by atoms with Crippen LogP contribution in [-0.2, 0) is 9.59 Å². The zero-order chi connectivity index (χ0) is 17.4. The monoisotopic (exact) mass is 329 g/mol. The van der Waals surface area contributed by atoms with Crippen LogP contribution in [0.25, 0.3) is 0 Å². The molecule has 2 aliphatic heterocycles. The van der Waals surface area contributed by atoms with Crippen LogP contribution in [0.5, 0.6) is 0 Å². The molecule has 3 rings (SSSR count). The van der Waals surface area contributed by atoms with Crippen LogP contribution < -0.4 is 5.32 Å². The Morgan fingerprint density at radius 2 is 2.00 bits per heavy atom. The number of rotatable bonds is 2. The molecule has 6 nitrogen and oxygen atoms in total. The molecule has 2 aliphatic rings. The van der Waals surface area contributed by atoms with Crippen molar-refractivity contribution in [2.24, 2.45) is 0 Å². The molecule has 3 amide bonds. The first kappa shape index (κ1) is 16.5. The average Bonchev–Trinajstić information content (AvgIpc) is 2.93. The molecule has 1 aromatic carbocycles. The highest BCUT2D eigenvalue weighted by Crippen LogP contribution is 2.26. The third kappa shape index (κ3) is 3.00. The van der Waals surface area contributed by atoms with Gasteiger partial charge in [-0.25, -0.2) is 0 Å². The predicted molar refractivity (Wildman–Crippen MR) is 89.4 cm³/mol. The maximum absolute atomic E-state index is 12.5. The van der Waals surface area contributed by atoms with Crippen molar-refractivity contribution in [3.8, 4) is 0 Å². The summed E-state index contributed by atoms with van der Waals surface area (Å²) < 4.78 is 0. The summed E-state index contributed by atoms with van der Waals surface area (Å²) in [5.41, 5.74) is 1.66. The normalized spacial score (nSPS) is 26.3. The van der Waals surface area contributed by atoms with Crippen molar-refractivity contribution < 1.29 is 14.4 Å². The molecule has 0 bridgehead atoms. The van der Waals surface area contributed by atoms with Crippen LogP contribution in [0.2, 0.25) is 0 Å². The van der Waals surface area contributed by atoms with E-state index in [0.29, 0.717) is 25.1 Å². The van der Waals surface area contributed by atoms with Gasteiger partial charge in [-0.3, -0.25) is 14.4 Å². The van der Waals surface area contributed by atoms with Gasteiger partial charge in [0, 0.05) is 31.6 Å². The molecule has 2 saturated heterocycles. The van der Waals surface area contributed by atoms with Crippen LogP contribution >= 0.6 is 0 Å². The van der Waals surface area contributed by atoms with Gasteiger partial charge < -0.3 is 15.1 Å². The van der Waals surface area contributed by atoms with Crippen molar-refractivity contribution >= 4 is 17.7 Å². The molecule has 0 spiro atoms. The maximum Gasteiger partial charge on any atom is 0.251 e. The first-order chi connectivity index (χ1) is 11.4. The van der Waals surface area contributed by atoms with Crippen molar-refractivity contribution in [2.45, 2.75) is 45.3 Å². The van der Waals surface area contributed by atoms with Crippen molar-refractivity contribution in [3.05, 3.63) is 35.4 Å². The van der Waals surface area contributed by atoms with Gasteiger partial charge in [-0.15, -0.1) is 0 Å². The van der Waals surface area contributed by atoms with E-state index < -0.39 is 6.04 Å². The van der Waals surface area contributed by atoms with E-state index in [-0.39, 0.29) is 29.8 Å². The SMILES string of the molecule is CC(=O)N1C[C@@H]2C[C@H](NC(=O)c3cccc(C)c3)CN2C(=O)[C@@H]1C. The van der Waals surface area contributed by atoms with Gasteiger partial charge in [0.1, 0.15) is 6.04 Å². The summed E-state index contributed by atoms with van der Waals surface area (Å²) in [6, 6.07) is 6.93. The number of piperazine rings is 1. The molecule has 0 radical (unpaired) electrons. The van der Waals surface area contributed by atoms with Crippen molar-refractivity contribution in [1.29, 1.82) is 0 Å². The first-order valence-corrected chi connectivity index (χ1v) is 8.32. The minimum atomic E-state index is -0.426. The van der Waals surface area contributed by atoms with E-state index in [2.05, 4.69) is 5.32 Å². The largest absolute Gasteiger partial charge is 0.347 e. The average molecular weight is 329 g/mol. The Hall–Kier alpha value is -2.37. The summed E-state index contributed by atoms with van der Waals surface area (Å²) in [6.45, 7) is 6.25. The maximum atomic E-state index is 12.5. The molecule has 128 valence electrons. The molecule has 1 aromatic rings. The van der Waals surface area contributed by atoms with E-state index in [9.17, 15) is 14.4 Å². The number of fused-ring (bicyclic) bond motifs is 1. The Labute approximate surface area is 141 Å². The topological polar surface area (TPSA) is 69.7 Å². The van der Waals surface area contributed by atoms with Crippen LogP contribution in [-0.4, -0.2) is 58.7 Å². The van der Waals surface area contributed by atoms with Gasteiger partial charge in [0.05, 0.1) is 6.04 Å². The van der Waals surface area contributed by atoms with Crippen LogP contribution in [0.15, 0.2) is 24.3 Å². The highest BCUT2D eigenvalue weighted by Gasteiger charge is 2.44. The van der Waals surface area contributed by atoms with Crippen LogP contribution in [0.1, 0.15) is 36.2 Å². The second kappa shape index (κ2) is 6.26. The van der Waals surface area contributed by atoms with Crippen molar-refractivity contribution in [2.75, 3.05) is 13.1 Å². The standard InChI is InChI=1S/C18H23N3O3/c1-11-5-4-6-14(7-11)17(23)19-15-8-16-10-20(13(3)22)12(2)18(24)21(16)9-15/h4-7,12,15-16H,8-10H2,1-3H3,(H,19,23)/t12-,15-,16-/m0/s1. The fourth-order valence-corrected chi connectivity index (χ4v) is 3.68. The molecule has 0 aliphatic carbocycles. The van der Waals surface area contributed by atoms with Gasteiger partial charge in [0.15, 0.2) is 0 Å². The molecule has 3 atom stereocenters. The summed E-state index contributed by atoms with van der Waals surface area (Å²) in [5, 5.41) is 3.02. The number of nitrogens with zero attached hydrogens (tertiary/aromatic N) is 2. The van der Waals surface area contributed by atoms with Crippen LogP contribution in [0.3, 0.4) is 0 Å². The molecule has 6 heteroatoms. The van der Waals surface area contributed by atoms with Gasteiger partial charge in [0.25, 0.3) is 5.91 Å². The lowest BCUT2D eigenvalue weighted by Gasteiger charge is -2.40. The number of carbonyl (C=O) groups is 3. The van der Waals surface area contributed by atoms with Gasteiger partial charge >= 0.3 is 0 Å². The molecule has 0 unspecified atom stereocenters. The molecular formula is C18H23N3O3. The quantitative estimate of drug-likeness (QED) is 0.878. The number of nitrogens with one attached hydrogen (secondary N) is 1. The number of hydrogen-bond acceptors (Lipinski definition) is 3. The second-order valence-electron chi connectivity index (χ2n) is 6.77. The Balaban J connectivity index is 1.68. The highest BCUT2D eigenvalue weighted by molar-refractivity contribution is 5.94. The molecular weight excluding hydrogens is 306 g/mol. The summed E-state index contributed by atoms with van der Waals surface area (Å²) in [7, 11) is 0. The van der Waals surface area contributed by atoms with E-state index >= 15 is 0 Å².